The summed E-state index contributed by atoms with van der Waals surface area (Å²) in [5, 5.41) is 9.34. The fraction of sp³-hybridized carbons (Fsp3) is 0.562. The maximum Gasteiger partial charge on any atom is 0.335 e. The van der Waals surface area contributed by atoms with Crippen LogP contribution in [-0.2, 0) is 23.0 Å². The molecule has 1 aromatic carbocycles. The molecular formula is C16H24O5S. The Morgan fingerprint density at radius 2 is 1.59 bits per heavy atom. The van der Waals surface area contributed by atoms with Gasteiger partial charge in [0.15, 0.2) is 0 Å². The smallest absolute Gasteiger partial charge is 0.335 e. The zero-order valence-corrected chi connectivity index (χ0v) is 13.9. The first-order chi connectivity index (χ1) is 10.3. The average Bonchev–Trinajstić information content (AvgIpc) is 2.44. The number of unbranched alkanes of at least 4 members (excludes halogenated alkanes) is 3. The normalized spacial score (nSPS) is 11.6. The lowest BCUT2D eigenvalue weighted by molar-refractivity contribution is 0.0695. The van der Waals surface area contributed by atoms with Crippen LogP contribution in [0.3, 0.4) is 0 Å². The molecular weight excluding hydrogens is 304 g/mol. The molecule has 22 heavy (non-hydrogen) atoms. The summed E-state index contributed by atoms with van der Waals surface area (Å²) in [6.07, 6.45) is 5.21. The van der Waals surface area contributed by atoms with Gasteiger partial charge in [0.2, 0.25) is 0 Å². The van der Waals surface area contributed by atoms with E-state index in [0.29, 0.717) is 24.0 Å². The van der Waals surface area contributed by atoms with E-state index < -0.39 is 16.1 Å². The second-order valence-corrected chi connectivity index (χ2v) is 6.85. The molecule has 0 atom stereocenters. The van der Waals surface area contributed by atoms with Crippen molar-refractivity contribution in [2.45, 2.75) is 63.7 Å². The Balaban J connectivity index is 3.34. The highest BCUT2D eigenvalue weighted by Gasteiger charge is 2.21. The van der Waals surface area contributed by atoms with Crippen molar-refractivity contribution in [3.05, 3.63) is 28.8 Å². The third kappa shape index (κ3) is 5.10. The van der Waals surface area contributed by atoms with Gasteiger partial charge in [-0.25, -0.2) is 4.79 Å². The van der Waals surface area contributed by atoms with E-state index in [-0.39, 0.29) is 10.5 Å². The number of carboxylic acids is 1. The van der Waals surface area contributed by atoms with Gasteiger partial charge < -0.3 is 5.11 Å². The van der Waals surface area contributed by atoms with Gasteiger partial charge in [0, 0.05) is 0 Å². The zero-order chi connectivity index (χ0) is 16.8. The van der Waals surface area contributed by atoms with Crippen molar-refractivity contribution in [2.24, 2.45) is 0 Å². The maximum absolute atomic E-state index is 11.6. The maximum atomic E-state index is 11.6. The Hall–Kier alpha value is -1.40. The Kier molecular flexibility index (Phi) is 7.03. The Labute approximate surface area is 132 Å². The van der Waals surface area contributed by atoms with E-state index in [2.05, 4.69) is 0 Å². The fourth-order valence-corrected chi connectivity index (χ4v) is 3.22. The molecule has 0 aliphatic carbocycles. The molecule has 0 bridgehead atoms. The summed E-state index contributed by atoms with van der Waals surface area (Å²) in [6, 6.07) is 2.74. The molecule has 6 heteroatoms. The number of hydrogen-bond donors (Lipinski definition) is 2. The molecule has 0 fully saturated rings. The first kappa shape index (κ1) is 18.6. The number of carboxylic acid groups (broad SMARTS) is 1. The third-order valence-electron chi connectivity index (χ3n) is 3.64. The van der Waals surface area contributed by atoms with Crippen LogP contribution in [0, 0.1) is 0 Å². The van der Waals surface area contributed by atoms with Gasteiger partial charge in [-0.3, -0.25) is 4.55 Å². The SMILES string of the molecule is CCCCCc1cc(C(=O)O)c(CCCC)cc1S(=O)(=O)O. The van der Waals surface area contributed by atoms with Gasteiger partial charge in [-0.05, 0) is 48.9 Å². The highest BCUT2D eigenvalue weighted by Crippen LogP contribution is 2.25. The zero-order valence-electron chi connectivity index (χ0n) is 13.1. The summed E-state index contributed by atoms with van der Waals surface area (Å²) in [7, 11) is -4.35. The number of carbonyl (C=O) groups is 1. The van der Waals surface area contributed by atoms with Gasteiger partial charge in [0.25, 0.3) is 10.1 Å². The van der Waals surface area contributed by atoms with Gasteiger partial charge >= 0.3 is 5.97 Å². The van der Waals surface area contributed by atoms with E-state index in [0.717, 1.165) is 32.1 Å². The van der Waals surface area contributed by atoms with E-state index in [1.807, 2.05) is 13.8 Å². The van der Waals surface area contributed by atoms with Crippen molar-refractivity contribution in [3.63, 3.8) is 0 Å². The molecule has 2 N–H and O–H groups in total. The first-order valence-electron chi connectivity index (χ1n) is 7.67. The van der Waals surface area contributed by atoms with Crippen molar-refractivity contribution in [1.82, 2.24) is 0 Å². The van der Waals surface area contributed by atoms with Crippen molar-refractivity contribution < 1.29 is 22.9 Å². The van der Waals surface area contributed by atoms with Gasteiger partial charge in [-0.15, -0.1) is 0 Å². The molecule has 0 spiro atoms. The molecule has 1 aromatic rings. The van der Waals surface area contributed by atoms with E-state index in [1.54, 1.807) is 0 Å². The molecule has 5 nitrogen and oxygen atoms in total. The molecule has 124 valence electrons. The summed E-state index contributed by atoms with van der Waals surface area (Å²) in [5.74, 6) is -1.07. The molecule has 0 amide bonds. The number of rotatable bonds is 9. The fourth-order valence-electron chi connectivity index (χ4n) is 2.44. The minimum Gasteiger partial charge on any atom is -0.478 e. The average molecular weight is 328 g/mol. The second kappa shape index (κ2) is 8.29. The van der Waals surface area contributed by atoms with Gasteiger partial charge in [-0.1, -0.05) is 33.1 Å². The highest BCUT2D eigenvalue weighted by molar-refractivity contribution is 7.85. The van der Waals surface area contributed by atoms with Crippen LogP contribution in [0.4, 0.5) is 0 Å². The predicted molar refractivity (Wildman–Crippen MR) is 85.1 cm³/mol. The molecule has 0 aliphatic rings. The summed E-state index contributed by atoms with van der Waals surface area (Å²) < 4.78 is 32.6. The number of aromatic carboxylic acids is 1. The minimum absolute atomic E-state index is 0.132. The Morgan fingerprint density at radius 1 is 1.00 bits per heavy atom. The monoisotopic (exact) mass is 328 g/mol. The molecule has 0 heterocycles. The van der Waals surface area contributed by atoms with Crippen LogP contribution < -0.4 is 0 Å². The van der Waals surface area contributed by atoms with E-state index in [4.69, 9.17) is 0 Å². The molecule has 0 radical (unpaired) electrons. The number of aryl methyl sites for hydroxylation is 2. The third-order valence-corrected chi connectivity index (χ3v) is 4.58. The van der Waals surface area contributed by atoms with Crippen molar-refractivity contribution in [2.75, 3.05) is 0 Å². The predicted octanol–water partition coefficient (Wildman–Crippen LogP) is 3.71. The van der Waals surface area contributed by atoms with Crippen molar-refractivity contribution >= 4 is 16.1 Å². The van der Waals surface area contributed by atoms with Gasteiger partial charge in [-0.2, -0.15) is 8.42 Å². The lowest BCUT2D eigenvalue weighted by atomic mass is 9.97. The summed E-state index contributed by atoms with van der Waals surface area (Å²) in [6.45, 7) is 4.00. The van der Waals surface area contributed by atoms with E-state index >= 15 is 0 Å². The van der Waals surface area contributed by atoms with E-state index in [1.165, 1.54) is 12.1 Å². The van der Waals surface area contributed by atoms with Crippen LogP contribution in [0.15, 0.2) is 17.0 Å². The quantitative estimate of drug-likeness (QED) is 0.532. The topological polar surface area (TPSA) is 91.7 Å². The highest BCUT2D eigenvalue weighted by atomic mass is 32.2. The van der Waals surface area contributed by atoms with Gasteiger partial charge in [0.05, 0.1) is 10.5 Å². The summed E-state index contributed by atoms with van der Waals surface area (Å²) in [5.41, 5.74) is 0.974. The number of hydrogen-bond acceptors (Lipinski definition) is 3. The largest absolute Gasteiger partial charge is 0.478 e. The summed E-state index contributed by atoms with van der Waals surface area (Å²) >= 11 is 0. The van der Waals surface area contributed by atoms with Crippen molar-refractivity contribution in [3.8, 4) is 0 Å². The standard InChI is InChI=1S/C16H24O5S/c1-3-5-7-9-13-10-14(16(17)18)12(8-6-4-2)11-15(13)22(19,20)21/h10-11H,3-9H2,1-2H3,(H,17,18)(H,19,20,21). The van der Waals surface area contributed by atoms with E-state index in [9.17, 15) is 22.9 Å². The lowest BCUT2D eigenvalue weighted by Gasteiger charge is -2.13. The molecule has 0 unspecified atom stereocenters. The molecule has 1 rings (SSSR count). The molecule has 0 aromatic heterocycles. The van der Waals surface area contributed by atoms with Gasteiger partial charge in [0.1, 0.15) is 0 Å². The second-order valence-electron chi connectivity index (χ2n) is 5.46. The lowest BCUT2D eigenvalue weighted by Crippen LogP contribution is -2.10. The Morgan fingerprint density at radius 3 is 2.09 bits per heavy atom. The van der Waals surface area contributed by atoms with Crippen molar-refractivity contribution in [1.29, 1.82) is 0 Å². The summed E-state index contributed by atoms with van der Waals surface area (Å²) in [4.78, 5) is 11.3. The van der Waals surface area contributed by atoms with Crippen LogP contribution in [0.5, 0.6) is 0 Å². The number of benzene rings is 1. The molecule has 0 saturated carbocycles. The van der Waals surface area contributed by atoms with Crippen LogP contribution in [0.25, 0.3) is 0 Å². The minimum atomic E-state index is -4.35. The van der Waals surface area contributed by atoms with Crippen LogP contribution in [-0.4, -0.2) is 24.0 Å². The molecule has 0 aliphatic heterocycles. The van der Waals surface area contributed by atoms with Crippen LogP contribution in [0.1, 0.15) is 67.4 Å². The first-order valence-corrected chi connectivity index (χ1v) is 9.11. The van der Waals surface area contributed by atoms with Crippen LogP contribution in [0.2, 0.25) is 0 Å². The van der Waals surface area contributed by atoms with Crippen LogP contribution >= 0.6 is 0 Å². The molecule has 0 saturated heterocycles. The Bertz CT molecular complexity index is 620.